The number of aryl methyl sites for hydroxylation is 3. The lowest BCUT2D eigenvalue weighted by Crippen LogP contribution is -2.26. The van der Waals surface area contributed by atoms with Crippen LogP contribution in [0.1, 0.15) is 22.3 Å². The lowest BCUT2D eigenvalue weighted by Gasteiger charge is -2.13. The van der Waals surface area contributed by atoms with E-state index in [0.29, 0.717) is 22.8 Å². The maximum atomic E-state index is 12.1. The molecule has 150 valence electrons. The number of benzene rings is 2. The average Bonchev–Trinajstić information content (AvgIpc) is 2.66. The molecule has 0 spiro atoms. The van der Waals surface area contributed by atoms with E-state index >= 15 is 0 Å². The van der Waals surface area contributed by atoms with E-state index in [-0.39, 0.29) is 12.5 Å². The summed E-state index contributed by atoms with van der Waals surface area (Å²) in [5.41, 5.74) is 7.52. The van der Waals surface area contributed by atoms with Gasteiger partial charge in [-0.15, -0.1) is 0 Å². The highest BCUT2D eigenvalue weighted by molar-refractivity contribution is 5.87. The molecule has 1 amide bonds. The number of hydrogen-bond donors (Lipinski definition) is 2. The van der Waals surface area contributed by atoms with Crippen molar-refractivity contribution in [2.24, 2.45) is 5.10 Å². The molecule has 0 bridgehead atoms. The van der Waals surface area contributed by atoms with Gasteiger partial charge in [-0.25, -0.2) is 5.43 Å². The maximum Gasteiger partial charge on any atom is 0.259 e. The fourth-order valence-electron chi connectivity index (χ4n) is 2.99. The van der Waals surface area contributed by atoms with Crippen molar-refractivity contribution in [3.63, 3.8) is 0 Å². The Balaban J connectivity index is 2.02. The summed E-state index contributed by atoms with van der Waals surface area (Å²) >= 11 is 0. The number of hydrogen-bond acceptors (Lipinski definition) is 6. The summed E-state index contributed by atoms with van der Waals surface area (Å²) in [5.74, 6) is 1.39. The van der Waals surface area contributed by atoms with Crippen LogP contribution in [0.4, 0.5) is 5.69 Å². The molecule has 2 aromatic rings. The summed E-state index contributed by atoms with van der Waals surface area (Å²) in [6, 6.07) is 7.58. The Kier molecular flexibility index (Phi) is 7.26. The van der Waals surface area contributed by atoms with Crippen LogP contribution >= 0.6 is 0 Å². The molecule has 0 aliphatic carbocycles. The predicted molar refractivity (Wildman–Crippen MR) is 111 cm³/mol. The van der Waals surface area contributed by atoms with Crippen molar-refractivity contribution in [3.8, 4) is 17.2 Å². The van der Waals surface area contributed by atoms with Crippen LogP contribution in [0.2, 0.25) is 0 Å². The minimum absolute atomic E-state index is 0.116. The van der Waals surface area contributed by atoms with Gasteiger partial charge in [0.1, 0.15) is 5.75 Å². The second-order valence-electron chi connectivity index (χ2n) is 6.37. The Bertz CT molecular complexity index is 855. The first-order valence-corrected chi connectivity index (χ1v) is 8.83. The fourth-order valence-corrected chi connectivity index (χ4v) is 2.99. The Morgan fingerprint density at radius 2 is 1.50 bits per heavy atom. The molecule has 0 fully saturated rings. The van der Waals surface area contributed by atoms with E-state index in [1.54, 1.807) is 33.5 Å². The SMILES string of the molecule is COc1cc(OC)c(OC)cc1/C=N\NC(=O)CNc1c(C)cc(C)cc1C. The summed E-state index contributed by atoms with van der Waals surface area (Å²) in [5, 5.41) is 7.18. The van der Waals surface area contributed by atoms with Gasteiger partial charge in [0.2, 0.25) is 0 Å². The van der Waals surface area contributed by atoms with Crippen LogP contribution in [0, 0.1) is 20.8 Å². The van der Waals surface area contributed by atoms with Gasteiger partial charge in [0.05, 0.1) is 34.1 Å². The molecule has 0 unspecified atom stereocenters. The number of methoxy groups -OCH3 is 3. The van der Waals surface area contributed by atoms with Crippen LogP contribution in [0.15, 0.2) is 29.4 Å². The Labute approximate surface area is 165 Å². The Morgan fingerprint density at radius 3 is 2.07 bits per heavy atom. The van der Waals surface area contributed by atoms with E-state index < -0.39 is 0 Å². The number of anilines is 1. The van der Waals surface area contributed by atoms with Crippen LogP contribution in [-0.4, -0.2) is 40.0 Å². The molecule has 0 saturated heterocycles. The molecule has 2 rings (SSSR count). The highest BCUT2D eigenvalue weighted by Gasteiger charge is 2.11. The third-order valence-corrected chi connectivity index (χ3v) is 4.23. The first kappa shape index (κ1) is 21.1. The van der Waals surface area contributed by atoms with Crippen molar-refractivity contribution in [2.75, 3.05) is 33.2 Å². The van der Waals surface area contributed by atoms with Gasteiger partial charge >= 0.3 is 0 Å². The molecule has 28 heavy (non-hydrogen) atoms. The van der Waals surface area contributed by atoms with E-state index in [2.05, 4.69) is 28.0 Å². The van der Waals surface area contributed by atoms with E-state index in [1.807, 2.05) is 20.8 Å². The normalized spacial score (nSPS) is 10.6. The van der Waals surface area contributed by atoms with Crippen molar-refractivity contribution < 1.29 is 19.0 Å². The molecule has 0 saturated carbocycles. The monoisotopic (exact) mass is 385 g/mol. The molecule has 7 heteroatoms. The molecule has 0 aromatic heterocycles. The van der Waals surface area contributed by atoms with E-state index in [4.69, 9.17) is 14.2 Å². The number of carbonyl (C=O) groups is 1. The summed E-state index contributed by atoms with van der Waals surface area (Å²) in [4.78, 5) is 12.1. The van der Waals surface area contributed by atoms with Crippen molar-refractivity contribution in [3.05, 3.63) is 46.5 Å². The second-order valence-corrected chi connectivity index (χ2v) is 6.37. The molecule has 0 atom stereocenters. The molecule has 2 aromatic carbocycles. The van der Waals surface area contributed by atoms with Crippen LogP contribution in [-0.2, 0) is 4.79 Å². The topological polar surface area (TPSA) is 81.2 Å². The quantitative estimate of drug-likeness (QED) is 0.539. The van der Waals surface area contributed by atoms with Crippen molar-refractivity contribution >= 4 is 17.8 Å². The van der Waals surface area contributed by atoms with Crippen LogP contribution < -0.4 is 25.0 Å². The van der Waals surface area contributed by atoms with Crippen LogP contribution in [0.3, 0.4) is 0 Å². The molecule has 0 heterocycles. The maximum absolute atomic E-state index is 12.1. The zero-order valence-corrected chi connectivity index (χ0v) is 17.2. The summed E-state index contributed by atoms with van der Waals surface area (Å²) < 4.78 is 15.9. The number of ether oxygens (including phenoxy) is 3. The average molecular weight is 385 g/mol. The summed E-state index contributed by atoms with van der Waals surface area (Å²) in [6.07, 6.45) is 1.50. The van der Waals surface area contributed by atoms with Gasteiger partial charge < -0.3 is 19.5 Å². The van der Waals surface area contributed by atoms with Crippen LogP contribution in [0.5, 0.6) is 17.2 Å². The van der Waals surface area contributed by atoms with Crippen molar-refractivity contribution in [1.29, 1.82) is 0 Å². The van der Waals surface area contributed by atoms with Crippen molar-refractivity contribution in [1.82, 2.24) is 5.43 Å². The Morgan fingerprint density at radius 1 is 0.929 bits per heavy atom. The zero-order valence-electron chi connectivity index (χ0n) is 17.2. The van der Waals surface area contributed by atoms with Gasteiger partial charge in [0.25, 0.3) is 5.91 Å². The van der Waals surface area contributed by atoms with Gasteiger partial charge in [-0.05, 0) is 38.0 Å². The second kappa shape index (κ2) is 9.64. The molecule has 0 aliphatic rings. The fraction of sp³-hybridized carbons (Fsp3) is 0.333. The van der Waals surface area contributed by atoms with Crippen molar-refractivity contribution in [2.45, 2.75) is 20.8 Å². The molecular formula is C21H27N3O4. The third kappa shape index (κ3) is 5.16. The molecular weight excluding hydrogens is 358 g/mol. The van der Waals surface area contributed by atoms with Crippen LogP contribution in [0.25, 0.3) is 0 Å². The number of rotatable bonds is 8. The lowest BCUT2D eigenvalue weighted by molar-refractivity contribution is -0.119. The third-order valence-electron chi connectivity index (χ3n) is 4.23. The first-order chi connectivity index (χ1) is 13.4. The van der Waals surface area contributed by atoms with Gasteiger partial charge in [-0.1, -0.05) is 17.7 Å². The number of carbonyl (C=O) groups excluding carboxylic acids is 1. The molecule has 0 radical (unpaired) electrons. The van der Waals surface area contributed by atoms with E-state index in [0.717, 1.165) is 16.8 Å². The predicted octanol–water partition coefficient (Wildman–Crippen LogP) is 3.20. The highest BCUT2D eigenvalue weighted by Crippen LogP contribution is 2.33. The number of hydrazone groups is 1. The minimum Gasteiger partial charge on any atom is -0.496 e. The smallest absolute Gasteiger partial charge is 0.259 e. The van der Waals surface area contributed by atoms with E-state index in [9.17, 15) is 4.79 Å². The number of nitrogens with one attached hydrogen (secondary N) is 2. The zero-order chi connectivity index (χ0) is 20.7. The van der Waals surface area contributed by atoms with Gasteiger partial charge in [0, 0.05) is 17.3 Å². The first-order valence-electron chi connectivity index (χ1n) is 8.83. The van der Waals surface area contributed by atoms with Gasteiger partial charge in [-0.2, -0.15) is 5.10 Å². The standard InChI is InChI=1S/C21H27N3O4/c1-13-7-14(2)21(15(3)8-13)22-12-20(25)24-23-11-16-9-18(27-5)19(28-6)10-17(16)26-4/h7-11,22H,12H2,1-6H3,(H,24,25)/b23-11-. The number of nitrogens with zero attached hydrogens (tertiary/aromatic N) is 1. The lowest BCUT2D eigenvalue weighted by atomic mass is 10.1. The largest absolute Gasteiger partial charge is 0.496 e. The Hall–Kier alpha value is -3.22. The summed E-state index contributed by atoms with van der Waals surface area (Å²) in [7, 11) is 4.65. The molecule has 0 aliphatic heterocycles. The number of amides is 1. The van der Waals surface area contributed by atoms with E-state index in [1.165, 1.54) is 11.8 Å². The minimum atomic E-state index is -0.255. The van der Waals surface area contributed by atoms with Gasteiger partial charge in [-0.3, -0.25) is 4.79 Å². The highest BCUT2D eigenvalue weighted by atomic mass is 16.5. The van der Waals surface area contributed by atoms with Gasteiger partial charge in [0.15, 0.2) is 11.5 Å². The summed E-state index contributed by atoms with van der Waals surface area (Å²) in [6.45, 7) is 6.20. The molecule has 2 N–H and O–H groups in total. The molecule has 7 nitrogen and oxygen atoms in total.